The zero-order valence-electron chi connectivity index (χ0n) is 11.2. The molecule has 0 saturated carbocycles. The van der Waals surface area contributed by atoms with Gasteiger partial charge >= 0.3 is 6.09 Å². The largest absolute Gasteiger partial charge is 0.438 e. The molecule has 0 radical (unpaired) electrons. The highest BCUT2D eigenvalue weighted by Crippen LogP contribution is 2.05. The summed E-state index contributed by atoms with van der Waals surface area (Å²) in [5.41, 5.74) is 0. The molecule has 0 rings (SSSR count). The minimum Gasteiger partial charge on any atom is -0.438 e. The van der Waals surface area contributed by atoms with Crippen molar-refractivity contribution in [3.05, 3.63) is 0 Å². The Morgan fingerprint density at radius 2 is 1.84 bits per heavy atom. The van der Waals surface area contributed by atoms with E-state index in [-0.39, 0.29) is 38.4 Å². The smallest absolute Gasteiger partial charge is 0.407 e. The van der Waals surface area contributed by atoms with Crippen LogP contribution in [-0.2, 0) is 19.1 Å². The fourth-order valence-corrected chi connectivity index (χ4v) is 1.24. The molecule has 6 nitrogen and oxygen atoms in total. The molecular weight excluding hydrogens is 250 g/mol. The lowest BCUT2D eigenvalue weighted by Crippen LogP contribution is -2.32. The molecule has 1 amide bonds. The van der Waals surface area contributed by atoms with E-state index in [1.807, 2.05) is 0 Å². The van der Waals surface area contributed by atoms with Gasteiger partial charge in [-0.2, -0.15) is 0 Å². The van der Waals surface area contributed by atoms with Crippen LogP contribution < -0.4 is 5.32 Å². The van der Waals surface area contributed by atoms with E-state index in [4.69, 9.17) is 9.47 Å². The normalized spacial score (nSPS) is 11.1. The zero-order valence-corrected chi connectivity index (χ0v) is 11.2. The summed E-state index contributed by atoms with van der Waals surface area (Å²) in [5, 5.41) is 2.43. The van der Waals surface area contributed by atoms with Gasteiger partial charge in [0.05, 0.1) is 0 Å². The van der Waals surface area contributed by atoms with Crippen molar-refractivity contribution in [1.82, 2.24) is 5.32 Å². The zero-order chi connectivity index (χ0) is 14.0. The number of rotatable bonds is 9. The van der Waals surface area contributed by atoms with Gasteiger partial charge in [-0.15, -0.1) is 0 Å². The van der Waals surface area contributed by atoms with Crippen molar-refractivity contribution in [3.63, 3.8) is 0 Å². The standard InChI is InChI=1S/C12H21NO5.CH4/c1-4-13-12(16)18-11(9(3)14)7-6-10(15)8-17-5-2;/h11H,4-8H2,1-3H3,(H,13,16);1H4. The third-order valence-electron chi connectivity index (χ3n) is 2.18. The molecule has 0 bridgehead atoms. The lowest BCUT2D eigenvalue weighted by Gasteiger charge is -2.14. The summed E-state index contributed by atoms with van der Waals surface area (Å²) >= 11 is 0. The summed E-state index contributed by atoms with van der Waals surface area (Å²) in [6.07, 6.45) is -1.17. The van der Waals surface area contributed by atoms with Crippen LogP contribution in [0.5, 0.6) is 0 Å². The first-order chi connectivity index (χ1) is 8.51. The van der Waals surface area contributed by atoms with Gasteiger partial charge in [0.1, 0.15) is 6.61 Å². The number of ketones is 2. The summed E-state index contributed by atoms with van der Waals surface area (Å²) in [4.78, 5) is 33.8. The Kier molecular flexibility index (Phi) is 12.2. The second-order valence-corrected chi connectivity index (χ2v) is 3.75. The van der Waals surface area contributed by atoms with Crippen LogP contribution in [0.2, 0.25) is 0 Å². The van der Waals surface area contributed by atoms with Crippen molar-refractivity contribution in [3.8, 4) is 0 Å². The topological polar surface area (TPSA) is 81.7 Å². The highest BCUT2D eigenvalue weighted by Gasteiger charge is 2.20. The predicted molar refractivity (Wildman–Crippen MR) is 72.1 cm³/mol. The highest BCUT2D eigenvalue weighted by atomic mass is 16.6. The summed E-state index contributed by atoms with van der Waals surface area (Å²) in [5.74, 6) is -0.381. The fourth-order valence-electron chi connectivity index (χ4n) is 1.24. The predicted octanol–water partition coefficient (Wildman–Crippen LogP) is 1.71. The van der Waals surface area contributed by atoms with Gasteiger partial charge < -0.3 is 14.8 Å². The number of carbonyl (C=O) groups is 3. The number of carbonyl (C=O) groups excluding carboxylic acids is 3. The summed E-state index contributed by atoms with van der Waals surface area (Å²) in [7, 11) is 0. The van der Waals surface area contributed by atoms with E-state index < -0.39 is 12.2 Å². The van der Waals surface area contributed by atoms with Crippen LogP contribution in [0.1, 0.15) is 41.0 Å². The Balaban J connectivity index is 0. The molecule has 0 spiro atoms. The minimum absolute atomic E-state index is 0. The van der Waals surface area contributed by atoms with Crippen molar-refractivity contribution in [2.45, 2.75) is 47.1 Å². The number of hydrogen-bond donors (Lipinski definition) is 1. The number of nitrogens with one attached hydrogen (secondary N) is 1. The number of ether oxygens (including phenoxy) is 2. The van der Waals surface area contributed by atoms with E-state index in [0.29, 0.717) is 13.2 Å². The molecule has 0 aromatic rings. The van der Waals surface area contributed by atoms with Crippen LogP contribution in [0.3, 0.4) is 0 Å². The first-order valence-electron chi connectivity index (χ1n) is 6.05. The average molecular weight is 275 g/mol. The van der Waals surface area contributed by atoms with Gasteiger partial charge in [-0.05, 0) is 27.2 Å². The van der Waals surface area contributed by atoms with E-state index in [0.717, 1.165) is 0 Å². The van der Waals surface area contributed by atoms with E-state index in [1.54, 1.807) is 13.8 Å². The minimum atomic E-state index is -0.873. The van der Waals surface area contributed by atoms with Crippen LogP contribution in [0.25, 0.3) is 0 Å². The van der Waals surface area contributed by atoms with Gasteiger partial charge in [0.25, 0.3) is 0 Å². The number of amides is 1. The Morgan fingerprint density at radius 3 is 2.32 bits per heavy atom. The molecule has 0 aromatic carbocycles. The second kappa shape index (κ2) is 11.6. The molecule has 1 N–H and O–H groups in total. The van der Waals surface area contributed by atoms with Crippen LogP contribution in [0.4, 0.5) is 4.79 Å². The fraction of sp³-hybridized carbons (Fsp3) is 0.769. The lowest BCUT2D eigenvalue weighted by atomic mass is 10.1. The molecule has 19 heavy (non-hydrogen) atoms. The third kappa shape index (κ3) is 10.2. The molecule has 6 heteroatoms. The average Bonchev–Trinajstić information content (AvgIpc) is 2.31. The highest BCUT2D eigenvalue weighted by molar-refractivity contribution is 5.85. The van der Waals surface area contributed by atoms with Gasteiger partial charge in [0.15, 0.2) is 17.7 Å². The molecule has 1 unspecified atom stereocenters. The first kappa shape index (κ1) is 19.9. The molecule has 0 aromatic heterocycles. The number of alkyl carbamates (subject to hydrolysis) is 1. The van der Waals surface area contributed by atoms with Crippen LogP contribution in [0.15, 0.2) is 0 Å². The molecule has 112 valence electrons. The van der Waals surface area contributed by atoms with Crippen molar-refractivity contribution in [2.75, 3.05) is 19.8 Å². The van der Waals surface area contributed by atoms with Gasteiger partial charge in [0.2, 0.25) is 0 Å². The summed E-state index contributed by atoms with van der Waals surface area (Å²) < 4.78 is 9.87. The molecule has 0 aliphatic heterocycles. The monoisotopic (exact) mass is 275 g/mol. The third-order valence-corrected chi connectivity index (χ3v) is 2.18. The molecule has 1 atom stereocenters. The van der Waals surface area contributed by atoms with E-state index in [9.17, 15) is 14.4 Å². The first-order valence-corrected chi connectivity index (χ1v) is 6.05. The SMILES string of the molecule is C.CCNC(=O)OC(CCC(=O)COCC)C(C)=O. The molecule has 0 fully saturated rings. The number of hydrogen-bond acceptors (Lipinski definition) is 5. The van der Waals surface area contributed by atoms with Crippen molar-refractivity contribution >= 4 is 17.7 Å². The Labute approximate surface area is 114 Å². The van der Waals surface area contributed by atoms with E-state index >= 15 is 0 Å². The molecule has 0 aliphatic rings. The van der Waals surface area contributed by atoms with Gasteiger partial charge in [0, 0.05) is 19.6 Å². The lowest BCUT2D eigenvalue weighted by molar-refractivity contribution is -0.127. The quantitative estimate of drug-likeness (QED) is 0.692. The van der Waals surface area contributed by atoms with Gasteiger partial charge in [-0.1, -0.05) is 7.43 Å². The summed E-state index contributed by atoms with van der Waals surface area (Å²) in [6.45, 7) is 5.79. The van der Waals surface area contributed by atoms with Crippen LogP contribution in [0, 0.1) is 0 Å². The van der Waals surface area contributed by atoms with Crippen LogP contribution in [-0.4, -0.2) is 43.5 Å². The maximum Gasteiger partial charge on any atom is 0.407 e. The maximum atomic E-state index is 11.3. The Morgan fingerprint density at radius 1 is 1.21 bits per heavy atom. The molecule has 0 heterocycles. The second-order valence-electron chi connectivity index (χ2n) is 3.75. The van der Waals surface area contributed by atoms with Crippen LogP contribution >= 0.6 is 0 Å². The van der Waals surface area contributed by atoms with Crippen molar-refractivity contribution in [2.24, 2.45) is 0 Å². The summed E-state index contributed by atoms with van der Waals surface area (Å²) in [6, 6.07) is 0. The Hall–Kier alpha value is -1.43. The van der Waals surface area contributed by atoms with Gasteiger partial charge in [-0.25, -0.2) is 4.79 Å². The Bertz CT molecular complexity index is 291. The number of Topliss-reactive ketones (excluding diaryl/α,β-unsaturated/α-hetero) is 2. The molecule has 0 saturated heterocycles. The van der Waals surface area contributed by atoms with E-state index in [2.05, 4.69) is 5.32 Å². The van der Waals surface area contributed by atoms with Gasteiger partial charge in [-0.3, -0.25) is 9.59 Å². The van der Waals surface area contributed by atoms with Crippen molar-refractivity contribution in [1.29, 1.82) is 0 Å². The maximum absolute atomic E-state index is 11.3. The molecular formula is C13H25NO5. The molecule has 0 aliphatic carbocycles. The van der Waals surface area contributed by atoms with E-state index in [1.165, 1.54) is 6.92 Å². The van der Waals surface area contributed by atoms with Crippen molar-refractivity contribution < 1.29 is 23.9 Å².